The van der Waals surface area contributed by atoms with E-state index in [0.29, 0.717) is 30.5 Å². The lowest BCUT2D eigenvalue weighted by molar-refractivity contribution is 0.614. The summed E-state index contributed by atoms with van der Waals surface area (Å²) in [6.07, 6.45) is 3.81. The zero-order chi connectivity index (χ0) is 15.1. The number of anilines is 1. The smallest absolute Gasteiger partial charge is 0.146 e. The molecule has 0 unspecified atom stereocenters. The molecule has 0 N–H and O–H groups in total. The molecule has 0 aliphatic rings. The highest BCUT2D eigenvalue weighted by Crippen LogP contribution is 2.28. The maximum absolute atomic E-state index is 14.3. The van der Waals surface area contributed by atoms with Crippen LogP contribution in [0.5, 0.6) is 0 Å². The second kappa shape index (κ2) is 7.75. The van der Waals surface area contributed by atoms with Crippen LogP contribution in [0.1, 0.15) is 17.5 Å². The van der Waals surface area contributed by atoms with Crippen LogP contribution in [-0.4, -0.2) is 11.5 Å². The number of alkyl halides is 1. The Morgan fingerprint density at radius 3 is 2.81 bits per heavy atom. The second-order valence-electron chi connectivity index (χ2n) is 4.57. The van der Waals surface area contributed by atoms with E-state index >= 15 is 0 Å². The second-order valence-corrected chi connectivity index (χ2v) is 5.13. The lowest BCUT2D eigenvalue weighted by Gasteiger charge is -2.26. The summed E-state index contributed by atoms with van der Waals surface area (Å²) >= 11 is 3.39. The van der Waals surface area contributed by atoms with Crippen molar-refractivity contribution in [2.75, 3.05) is 11.4 Å². The molecule has 0 amide bonds. The van der Waals surface area contributed by atoms with Gasteiger partial charge in [-0.05, 0) is 23.3 Å². The fourth-order valence-corrected chi connectivity index (χ4v) is 2.64. The quantitative estimate of drug-likeness (QED) is 0.740. The van der Waals surface area contributed by atoms with Gasteiger partial charge in [0.1, 0.15) is 5.82 Å². The highest BCUT2D eigenvalue weighted by molar-refractivity contribution is 9.08. The SMILES string of the molecule is N#CCCN(Cc1cccnc1)c1c(F)cccc1CBr. The zero-order valence-corrected chi connectivity index (χ0v) is 13.1. The molecule has 1 aromatic heterocycles. The molecule has 2 rings (SSSR count). The zero-order valence-electron chi connectivity index (χ0n) is 11.5. The summed E-state index contributed by atoms with van der Waals surface area (Å²) in [4.78, 5) is 5.98. The van der Waals surface area contributed by atoms with E-state index in [2.05, 4.69) is 27.0 Å². The maximum Gasteiger partial charge on any atom is 0.146 e. The maximum atomic E-state index is 14.3. The van der Waals surface area contributed by atoms with Crippen molar-refractivity contribution in [2.24, 2.45) is 0 Å². The molecule has 5 heteroatoms. The highest BCUT2D eigenvalue weighted by atomic mass is 79.9. The minimum atomic E-state index is -0.270. The number of hydrogen-bond acceptors (Lipinski definition) is 3. The Kier molecular flexibility index (Phi) is 5.70. The first-order valence-corrected chi connectivity index (χ1v) is 7.72. The molecule has 21 heavy (non-hydrogen) atoms. The normalized spacial score (nSPS) is 10.1. The molecule has 3 nitrogen and oxygen atoms in total. The van der Waals surface area contributed by atoms with E-state index in [4.69, 9.17) is 5.26 Å². The summed E-state index contributed by atoms with van der Waals surface area (Å²) in [6, 6.07) is 10.9. The molecule has 2 aromatic rings. The number of aromatic nitrogens is 1. The summed E-state index contributed by atoms with van der Waals surface area (Å²) in [7, 11) is 0. The lowest BCUT2D eigenvalue weighted by Crippen LogP contribution is -2.26. The molecule has 0 atom stereocenters. The van der Waals surface area contributed by atoms with E-state index in [9.17, 15) is 4.39 Å². The summed E-state index contributed by atoms with van der Waals surface area (Å²) in [5, 5.41) is 9.40. The van der Waals surface area contributed by atoms with E-state index < -0.39 is 0 Å². The van der Waals surface area contributed by atoms with Gasteiger partial charge in [-0.25, -0.2) is 4.39 Å². The van der Waals surface area contributed by atoms with E-state index in [1.54, 1.807) is 18.5 Å². The topological polar surface area (TPSA) is 39.9 Å². The molecule has 0 saturated heterocycles. The molecule has 0 bridgehead atoms. The number of hydrogen-bond donors (Lipinski definition) is 0. The third-order valence-electron chi connectivity index (χ3n) is 3.12. The van der Waals surface area contributed by atoms with Crippen LogP contribution in [0.2, 0.25) is 0 Å². The Labute approximate surface area is 132 Å². The van der Waals surface area contributed by atoms with Crippen LogP contribution in [0.15, 0.2) is 42.7 Å². The van der Waals surface area contributed by atoms with Gasteiger partial charge in [-0.1, -0.05) is 34.1 Å². The summed E-state index contributed by atoms with van der Waals surface area (Å²) in [5.41, 5.74) is 2.41. The van der Waals surface area contributed by atoms with Crippen molar-refractivity contribution >= 4 is 21.6 Å². The number of rotatable bonds is 6. The van der Waals surface area contributed by atoms with Gasteiger partial charge in [-0.2, -0.15) is 5.26 Å². The monoisotopic (exact) mass is 347 g/mol. The lowest BCUT2D eigenvalue weighted by atomic mass is 10.1. The van der Waals surface area contributed by atoms with E-state index in [-0.39, 0.29) is 5.82 Å². The molecule has 0 saturated carbocycles. The fraction of sp³-hybridized carbons (Fsp3) is 0.250. The van der Waals surface area contributed by atoms with E-state index in [1.165, 1.54) is 6.07 Å². The number of benzene rings is 1. The largest absolute Gasteiger partial charge is 0.364 e. The van der Waals surface area contributed by atoms with Crippen LogP contribution in [0.4, 0.5) is 10.1 Å². The van der Waals surface area contributed by atoms with Crippen molar-refractivity contribution in [2.45, 2.75) is 18.3 Å². The summed E-state index contributed by atoms with van der Waals surface area (Å²) in [6.45, 7) is 1.00. The molecule has 0 aliphatic heterocycles. The summed E-state index contributed by atoms with van der Waals surface area (Å²) < 4.78 is 14.3. The van der Waals surface area contributed by atoms with Crippen molar-refractivity contribution in [3.8, 4) is 6.07 Å². The molecular weight excluding hydrogens is 333 g/mol. The van der Waals surface area contributed by atoms with E-state index in [0.717, 1.165) is 11.1 Å². The molecule has 1 heterocycles. The summed E-state index contributed by atoms with van der Waals surface area (Å²) in [5.74, 6) is -0.270. The first-order chi connectivity index (χ1) is 10.3. The Morgan fingerprint density at radius 1 is 1.29 bits per heavy atom. The van der Waals surface area contributed by atoms with Crippen LogP contribution < -0.4 is 4.90 Å². The first kappa shape index (κ1) is 15.5. The average molecular weight is 348 g/mol. The molecular formula is C16H15BrFN3. The molecule has 0 radical (unpaired) electrons. The Hall–Kier alpha value is -1.93. The Morgan fingerprint density at radius 2 is 2.14 bits per heavy atom. The van der Waals surface area contributed by atoms with Crippen LogP contribution in [-0.2, 0) is 11.9 Å². The molecule has 1 aromatic carbocycles. The van der Waals surface area contributed by atoms with Crippen LogP contribution in [0, 0.1) is 17.1 Å². The molecule has 108 valence electrons. The third kappa shape index (κ3) is 4.02. The highest BCUT2D eigenvalue weighted by Gasteiger charge is 2.16. The number of nitrogens with zero attached hydrogens (tertiary/aromatic N) is 3. The Bertz CT molecular complexity index is 625. The first-order valence-electron chi connectivity index (χ1n) is 6.60. The number of pyridine rings is 1. The van der Waals surface area contributed by atoms with Gasteiger partial charge in [0.25, 0.3) is 0 Å². The third-order valence-corrected chi connectivity index (χ3v) is 3.72. The van der Waals surface area contributed by atoms with Crippen molar-refractivity contribution < 1.29 is 4.39 Å². The van der Waals surface area contributed by atoms with Crippen molar-refractivity contribution in [3.63, 3.8) is 0 Å². The van der Waals surface area contributed by atoms with Gasteiger partial charge in [-0.15, -0.1) is 0 Å². The van der Waals surface area contributed by atoms with Crippen LogP contribution in [0.25, 0.3) is 0 Å². The minimum absolute atomic E-state index is 0.270. The number of para-hydroxylation sites is 1. The molecule has 0 spiro atoms. The van der Waals surface area contributed by atoms with Gasteiger partial charge in [0.05, 0.1) is 18.2 Å². The predicted molar refractivity (Wildman–Crippen MR) is 84.5 cm³/mol. The van der Waals surface area contributed by atoms with Crippen LogP contribution >= 0.6 is 15.9 Å². The standard InChI is InChI=1S/C16H15BrFN3/c17-10-14-5-1-6-15(18)16(14)21(9-3-7-19)12-13-4-2-8-20-11-13/h1-2,4-6,8,11H,3,9-10,12H2. The Balaban J connectivity index is 2.34. The fourth-order valence-electron chi connectivity index (χ4n) is 2.19. The van der Waals surface area contributed by atoms with Gasteiger partial charge in [0.2, 0.25) is 0 Å². The van der Waals surface area contributed by atoms with Crippen molar-refractivity contribution in [3.05, 3.63) is 59.7 Å². The van der Waals surface area contributed by atoms with Crippen molar-refractivity contribution in [1.82, 2.24) is 4.98 Å². The number of nitriles is 1. The van der Waals surface area contributed by atoms with E-state index in [1.807, 2.05) is 23.1 Å². The van der Waals surface area contributed by atoms with Crippen molar-refractivity contribution in [1.29, 1.82) is 5.26 Å². The van der Waals surface area contributed by atoms with Gasteiger partial charge >= 0.3 is 0 Å². The number of halogens is 2. The minimum Gasteiger partial charge on any atom is -0.364 e. The van der Waals surface area contributed by atoms with Crippen LogP contribution in [0.3, 0.4) is 0 Å². The van der Waals surface area contributed by atoms with Gasteiger partial charge in [0.15, 0.2) is 0 Å². The molecule has 0 fully saturated rings. The molecule has 0 aliphatic carbocycles. The van der Waals surface area contributed by atoms with Gasteiger partial charge < -0.3 is 4.90 Å². The predicted octanol–water partition coefficient (Wildman–Crippen LogP) is 4.04. The average Bonchev–Trinajstić information content (AvgIpc) is 2.52. The van der Waals surface area contributed by atoms with Gasteiger partial charge in [0, 0.05) is 30.8 Å². The van der Waals surface area contributed by atoms with Gasteiger partial charge in [-0.3, -0.25) is 4.98 Å².